The Hall–Kier alpha value is -0.860. The standard InChI is InChI=1S/C15H26F3N3O2/c16-15(17,18)12-23-11-1-6-20-7-9-21(10-8-20)14(22)13-2-4-19-5-3-13/h13,19H,1-12H2. The summed E-state index contributed by atoms with van der Waals surface area (Å²) in [4.78, 5) is 16.5. The van der Waals surface area contributed by atoms with E-state index in [9.17, 15) is 18.0 Å². The Morgan fingerprint density at radius 1 is 1.13 bits per heavy atom. The number of nitrogens with one attached hydrogen (secondary N) is 1. The van der Waals surface area contributed by atoms with Crippen LogP contribution < -0.4 is 5.32 Å². The third-order valence-electron chi connectivity index (χ3n) is 4.40. The molecule has 134 valence electrons. The van der Waals surface area contributed by atoms with Crippen LogP contribution in [0.25, 0.3) is 0 Å². The minimum atomic E-state index is -4.25. The van der Waals surface area contributed by atoms with Crippen LogP contribution in [0.15, 0.2) is 0 Å². The maximum absolute atomic E-state index is 12.4. The molecule has 0 bridgehead atoms. The molecule has 0 aromatic carbocycles. The number of carbonyl (C=O) groups is 1. The van der Waals surface area contributed by atoms with Crippen LogP contribution in [0.1, 0.15) is 19.3 Å². The van der Waals surface area contributed by atoms with Crippen molar-refractivity contribution in [3.05, 3.63) is 0 Å². The van der Waals surface area contributed by atoms with E-state index in [1.807, 2.05) is 4.90 Å². The molecular weight excluding hydrogens is 311 g/mol. The monoisotopic (exact) mass is 337 g/mol. The first kappa shape index (κ1) is 18.5. The van der Waals surface area contributed by atoms with Crippen molar-refractivity contribution < 1.29 is 22.7 Å². The predicted molar refractivity (Wildman–Crippen MR) is 80.1 cm³/mol. The molecule has 5 nitrogen and oxygen atoms in total. The van der Waals surface area contributed by atoms with Gasteiger partial charge in [0, 0.05) is 45.2 Å². The number of halogens is 3. The van der Waals surface area contributed by atoms with Crippen LogP contribution >= 0.6 is 0 Å². The summed E-state index contributed by atoms with van der Waals surface area (Å²) in [6.07, 6.45) is -1.84. The van der Waals surface area contributed by atoms with Gasteiger partial charge in [0.15, 0.2) is 0 Å². The van der Waals surface area contributed by atoms with E-state index in [2.05, 4.69) is 15.0 Å². The number of nitrogens with zero attached hydrogens (tertiary/aromatic N) is 2. The zero-order valence-electron chi connectivity index (χ0n) is 13.4. The van der Waals surface area contributed by atoms with Crippen molar-refractivity contribution in [2.75, 3.05) is 59.0 Å². The van der Waals surface area contributed by atoms with E-state index < -0.39 is 12.8 Å². The van der Waals surface area contributed by atoms with Crippen LogP contribution in [0.2, 0.25) is 0 Å². The molecule has 0 aromatic rings. The van der Waals surface area contributed by atoms with Crippen molar-refractivity contribution in [2.45, 2.75) is 25.4 Å². The second kappa shape index (κ2) is 8.84. The van der Waals surface area contributed by atoms with Gasteiger partial charge in [-0.05, 0) is 32.4 Å². The highest BCUT2D eigenvalue weighted by Crippen LogP contribution is 2.17. The van der Waals surface area contributed by atoms with E-state index in [4.69, 9.17) is 0 Å². The first-order valence-electron chi connectivity index (χ1n) is 8.32. The lowest BCUT2D eigenvalue weighted by atomic mass is 9.96. The van der Waals surface area contributed by atoms with Crippen LogP contribution in [0.3, 0.4) is 0 Å². The third-order valence-corrected chi connectivity index (χ3v) is 4.40. The Balaban J connectivity index is 1.57. The predicted octanol–water partition coefficient (Wildman–Crippen LogP) is 1.10. The smallest absolute Gasteiger partial charge is 0.372 e. The number of amides is 1. The van der Waals surface area contributed by atoms with Crippen LogP contribution in [0.4, 0.5) is 13.2 Å². The van der Waals surface area contributed by atoms with E-state index in [0.29, 0.717) is 26.1 Å². The summed E-state index contributed by atoms with van der Waals surface area (Å²) in [5.41, 5.74) is 0. The molecule has 0 aromatic heterocycles. The van der Waals surface area contributed by atoms with Crippen LogP contribution in [-0.2, 0) is 9.53 Å². The average molecular weight is 337 g/mol. The molecule has 0 radical (unpaired) electrons. The number of hydrogen-bond acceptors (Lipinski definition) is 4. The molecule has 23 heavy (non-hydrogen) atoms. The quantitative estimate of drug-likeness (QED) is 0.737. The van der Waals surface area contributed by atoms with E-state index in [-0.39, 0.29) is 18.4 Å². The van der Waals surface area contributed by atoms with Crippen molar-refractivity contribution in [3.63, 3.8) is 0 Å². The molecule has 0 aliphatic carbocycles. The fourth-order valence-corrected chi connectivity index (χ4v) is 3.10. The summed E-state index contributed by atoms with van der Waals surface area (Å²) >= 11 is 0. The SMILES string of the molecule is O=C(C1CCNCC1)N1CCN(CCCOCC(F)(F)F)CC1. The summed E-state index contributed by atoms with van der Waals surface area (Å²) in [5.74, 6) is 0.415. The molecule has 2 rings (SSSR count). The van der Waals surface area contributed by atoms with Crippen LogP contribution in [0, 0.1) is 5.92 Å². The lowest BCUT2D eigenvalue weighted by molar-refractivity contribution is -0.174. The fourth-order valence-electron chi connectivity index (χ4n) is 3.10. The van der Waals surface area contributed by atoms with E-state index in [1.165, 1.54) is 0 Å². The molecule has 2 fully saturated rings. The van der Waals surface area contributed by atoms with Crippen molar-refractivity contribution in [1.82, 2.24) is 15.1 Å². The molecule has 0 atom stereocenters. The largest absolute Gasteiger partial charge is 0.411 e. The summed E-state index contributed by atoms with van der Waals surface area (Å²) in [6.45, 7) is 4.49. The van der Waals surface area contributed by atoms with Gasteiger partial charge in [0.2, 0.25) is 5.91 Å². The second-order valence-electron chi connectivity index (χ2n) is 6.21. The Morgan fingerprint density at radius 2 is 1.78 bits per heavy atom. The lowest BCUT2D eigenvalue weighted by Crippen LogP contribution is -2.51. The fraction of sp³-hybridized carbons (Fsp3) is 0.933. The average Bonchev–Trinajstić information content (AvgIpc) is 2.54. The molecule has 2 aliphatic heterocycles. The van der Waals surface area contributed by atoms with Gasteiger partial charge in [-0.2, -0.15) is 13.2 Å². The molecule has 0 unspecified atom stereocenters. The Labute approximate surface area is 135 Å². The highest BCUT2D eigenvalue weighted by atomic mass is 19.4. The van der Waals surface area contributed by atoms with Crippen molar-refractivity contribution in [1.29, 1.82) is 0 Å². The lowest BCUT2D eigenvalue weighted by Gasteiger charge is -2.37. The minimum absolute atomic E-state index is 0.119. The molecule has 2 aliphatic rings. The topological polar surface area (TPSA) is 44.8 Å². The normalized spacial score (nSPS) is 21.6. The van der Waals surface area contributed by atoms with Gasteiger partial charge in [-0.1, -0.05) is 0 Å². The zero-order chi connectivity index (χ0) is 16.7. The second-order valence-corrected chi connectivity index (χ2v) is 6.21. The highest BCUT2D eigenvalue weighted by Gasteiger charge is 2.29. The minimum Gasteiger partial charge on any atom is -0.372 e. The molecule has 1 N–H and O–H groups in total. The molecule has 2 saturated heterocycles. The summed E-state index contributed by atoms with van der Waals surface area (Å²) < 4.78 is 40.4. The summed E-state index contributed by atoms with van der Waals surface area (Å²) in [6, 6.07) is 0. The molecular formula is C15H26F3N3O2. The maximum Gasteiger partial charge on any atom is 0.411 e. The summed E-state index contributed by atoms with van der Waals surface area (Å²) in [7, 11) is 0. The molecule has 2 heterocycles. The Kier molecular flexibility index (Phi) is 7.10. The van der Waals surface area contributed by atoms with E-state index in [0.717, 1.165) is 39.0 Å². The van der Waals surface area contributed by atoms with Gasteiger partial charge in [0.25, 0.3) is 0 Å². The van der Waals surface area contributed by atoms with Crippen molar-refractivity contribution >= 4 is 5.91 Å². The van der Waals surface area contributed by atoms with Crippen molar-refractivity contribution in [3.8, 4) is 0 Å². The molecule has 0 spiro atoms. The van der Waals surface area contributed by atoms with Gasteiger partial charge in [0.05, 0.1) is 0 Å². The number of hydrogen-bond donors (Lipinski definition) is 1. The first-order valence-corrected chi connectivity index (χ1v) is 8.32. The van der Waals surface area contributed by atoms with Gasteiger partial charge in [-0.3, -0.25) is 9.69 Å². The molecule has 1 amide bonds. The van der Waals surface area contributed by atoms with Gasteiger partial charge >= 0.3 is 6.18 Å². The number of carbonyl (C=O) groups excluding carboxylic acids is 1. The van der Waals surface area contributed by atoms with E-state index in [1.54, 1.807) is 0 Å². The number of piperidine rings is 1. The first-order chi connectivity index (χ1) is 11.0. The molecule has 0 saturated carbocycles. The van der Waals surface area contributed by atoms with Crippen LogP contribution in [-0.4, -0.2) is 80.9 Å². The maximum atomic E-state index is 12.4. The third kappa shape index (κ3) is 6.64. The number of ether oxygens (including phenoxy) is 1. The highest BCUT2D eigenvalue weighted by molar-refractivity contribution is 5.79. The Morgan fingerprint density at radius 3 is 2.39 bits per heavy atom. The number of piperazine rings is 1. The summed E-state index contributed by atoms with van der Waals surface area (Å²) in [5, 5.41) is 3.26. The Bertz CT molecular complexity index is 365. The number of alkyl halides is 3. The number of rotatable bonds is 6. The van der Waals surface area contributed by atoms with Gasteiger partial charge < -0.3 is 15.0 Å². The van der Waals surface area contributed by atoms with Gasteiger partial charge in [-0.15, -0.1) is 0 Å². The van der Waals surface area contributed by atoms with Crippen LogP contribution in [0.5, 0.6) is 0 Å². The zero-order valence-corrected chi connectivity index (χ0v) is 13.4. The molecule has 8 heteroatoms. The van der Waals surface area contributed by atoms with E-state index >= 15 is 0 Å². The van der Waals surface area contributed by atoms with Gasteiger partial charge in [0.1, 0.15) is 6.61 Å². The van der Waals surface area contributed by atoms with Crippen molar-refractivity contribution in [2.24, 2.45) is 5.92 Å². The van der Waals surface area contributed by atoms with Gasteiger partial charge in [-0.25, -0.2) is 0 Å².